The summed E-state index contributed by atoms with van der Waals surface area (Å²) in [6, 6.07) is 0. The molecule has 0 bridgehead atoms. The highest BCUT2D eigenvalue weighted by Crippen LogP contribution is 2.40. The van der Waals surface area contributed by atoms with E-state index in [4.69, 9.17) is 0 Å². The fraction of sp³-hybridized carbons (Fsp3) is 1.00. The molecule has 0 amide bonds. The highest BCUT2D eigenvalue weighted by molar-refractivity contribution is 7.72. The zero-order chi connectivity index (χ0) is 4.50. The summed E-state index contributed by atoms with van der Waals surface area (Å²) >= 11 is 0. The minimum Gasteiger partial charge on any atom is -1.00 e. The van der Waals surface area contributed by atoms with Gasteiger partial charge in [0.05, 0.1) is 0 Å². The predicted molar refractivity (Wildman–Crippen MR) is 36.4 cm³/mol. The van der Waals surface area contributed by atoms with Gasteiger partial charge in [0, 0.05) is 33.9 Å². The highest BCUT2D eigenvalue weighted by Gasteiger charge is 2.03. The quantitative estimate of drug-likeness (QED) is 0.317. The fourth-order valence-corrected chi connectivity index (χ4v) is 0. The van der Waals surface area contributed by atoms with E-state index >= 15 is 0 Å². The molecule has 0 aliphatic rings. The summed E-state index contributed by atoms with van der Waals surface area (Å²) in [5.74, 6) is 0. The minimum atomic E-state index is -0.389. The van der Waals surface area contributed by atoms with Crippen LogP contribution < -0.4 is 0 Å². The molecule has 6 heavy (non-hydrogen) atoms. The second-order valence-corrected chi connectivity index (χ2v) is 8.05. The molecule has 0 aromatic rings. The number of hydrogen-bond acceptors (Lipinski definition) is 0. The Morgan fingerprint density at radius 1 is 0.833 bits per heavy atom. The smallest absolute Gasteiger partial charge is 0.0481 e. The molecule has 0 spiro atoms. The summed E-state index contributed by atoms with van der Waals surface area (Å²) < 4.78 is 0. The van der Waals surface area contributed by atoms with Gasteiger partial charge < -0.3 is 8.41 Å². The van der Waals surface area contributed by atoms with Crippen LogP contribution in [0, 0.1) is 0 Å². The summed E-state index contributed by atoms with van der Waals surface area (Å²) in [5, 5.41) is 0. The molecule has 0 rings (SSSR count). The van der Waals surface area contributed by atoms with Gasteiger partial charge in [-0.15, -0.1) is 0 Å². The van der Waals surface area contributed by atoms with Crippen molar-refractivity contribution in [3.63, 3.8) is 0 Å². The van der Waals surface area contributed by atoms with Crippen LogP contribution in [0.25, 0.3) is 0 Å². The molecular weight excluding hydrogens is 89.8 g/mol. The van der Waals surface area contributed by atoms with Gasteiger partial charge in [-0.05, 0) is 0 Å². The molecule has 0 unspecified atom stereocenters. The largest absolute Gasteiger partial charge is 1.00 e. The third kappa shape index (κ3) is 224. The Kier molecular flexibility index (Phi) is 4.26. The Labute approximate surface area is 43.2 Å². The third-order valence-electron chi connectivity index (χ3n) is 0. The predicted octanol–water partition coefficient (Wildman–Crippen LogP) is 1.14. The van der Waals surface area contributed by atoms with Crippen molar-refractivity contribution in [3.05, 3.63) is 0 Å². The second kappa shape index (κ2) is 2.63. The van der Waals surface area contributed by atoms with E-state index in [1.807, 2.05) is 0 Å². The van der Waals surface area contributed by atoms with Crippen LogP contribution in [0.5, 0.6) is 0 Å². The normalized spacial score (nSPS) is 10.0. The average Bonchev–Trinajstić information content (AvgIpc) is 0.722. The summed E-state index contributed by atoms with van der Waals surface area (Å²) in [4.78, 5) is 0. The average molecular weight is 102 g/mol. The van der Waals surface area contributed by atoms with Crippen LogP contribution in [-0.4, -0.2) is 35.1 Å². The first-order valence-corrected chi connectivity index (χ1v) is 5.37. The van der Waals surface area contributed by atoms with Crippen LogP contribution in [-0.2, 0) is 0 Å². The van der Waals surface area contributed by atoms with Gasteiger partial charge in [0.1, 0.15) is 0 Å². The summed E-state index contributed by atoms with van der Waals surface area (Å²) in [5.41, 5.74) is 0. The summed E-state index contributed by atoms with van der Waals surface area (Å²) in [6.45, 7) is 9.19. The lowest BCUT2D eigenvalue weighted by Crippen LogP contribution is -1.74. The van der Waals surface area contributed by atoms with Crippen molar-refractivity contribution in [2.75, 3.05) is 26.7 Å². The van der Waals surface area contributed by atoms with Crippen LogP contribution in [0.4, 0.5) is 0 Å². The Morgan fingerprint density at radius 2 is 0.833 bits per heavy atom. The molecule has 0 heterocycles. The first kappa shape index (κ1) is 9.71. The van der Waals surface area contributed by atoms with E-state index in [-0.39, 0.29) is 15.7 Å². The van der Waals surface area contributed by atoms with Crippen LogP contribution >= 0.6 is 7.26 Å². The molecule has 36 valence electrons. The van der Waals surface area contributed by atoms with Gasteiger partial charge in [0.2, 0.25) is 0 Å². The molecule has 0 N–H and O–H groups in total. The Morgan fingerprint density at radius 3 is 0.833 bits per heavy atom. The molecule has 0 aromatic carbocycles. The van der Waals surface area contributed by atoms with Gasteiger partial charge in [-0.2, -0.15) is 0 Å². The van der Waals surface area contributed by atoms with E-state index in [9.17, 15) is 0 Å². The molecule has 4 radical (unpaired) electrons. The third-order valence-corrected chi connectivity index (χ3v) is 0. The maximum atomic E-state index is 2.30. The van der Waals surface area contributed by atoms with E-state index in [1.165, 1.54) is 0 Å². The standard InChI is InChI=1S/C4H12P.B/c1-5(2,3)4;/h1-4H3;/q+1;-1. The topological polar surface area (TPSA) is 0 Å². The van der Waals surface area contributed by atoms with Crippen molar-refractivity contribution in [1.82, 2.24) is 0 Å². The first-order valence-electron chi connectivity index (χ1n) is 1.79. The van der Waals surface area contributed by atoms with E-state index in [2.05, 4.69) is 26.7 Å². The Hall–Kier alpha value is 0.495. The monoisotopic (exact) mass is 102 g/mol. The van der Waals surface area contributed by atoms with Crippen molar-refractivity contribution >= 4 is 15.7 Å². The van der Waals surface area contributed by atoms with Gasteiger partial charge >= 0.3 is 0 Å². The molecule has 0 fully saturated rings. The van der Waals surface area contributed by atoms with Gasteiger partial charge in [-0.3, -0.25) is 0 Å². The van der Waals surface area contributed by atoms with Crippen LogP contribution in [0.15, 0.2) is 0 Å². The van der Waals surface area contributed by atoms with Crippen LogP contribution in [0.1, 0.15) is 0 Å². The molecule has 2 heteroatoms. The van der Waals surface area contributed by atoms with E-state index in [0.29, 0.717) is 0 Å². The van der Waals surface area contributed by atoms with Crippen LogP contribution in [0.2, 0.25) is 0 Å². The van der Waals surface area contributed by atoms with E-state index in [1.54, 1.807) is 0 Å². The summed E-state index contributed by atoms with van der Waals surface area (Å²) in [6.07, 6.45) is 0. The maximum Gasteiger partial charge on any atom is 0.0481 e. The minimum absolute atomic E-state index is 0. The van der Waals surface area contributed by atoms with Crippen molar-refractivity contribution in [3.8, 4) is 0 Å². The number of hydrogen-bond donors (Lipinski definition) is 0. The molecule has 0 saturated carbocycles. The lowest BCUT2D eigenvalue weighted by atomic mass is 10.8. The fourth-order valence-electron chi connectivity index (χ4n) is 0. The van der Waals surface area contributed by atoms with Gasteiger partial charge in [-0.1, -0.05) is 0 Å². The zero-order valence-electron chi connectivity index (χ0n) is 5.02. The first-order chi connectivity index (χ1) is 2.00. The van der Waals surface area contributed by atoms with Crippen molar-refractivity contribution in [1.29, 1.82) is 0 Å². The van der Waals surface area contributed by atoms with Crippen molar-refractivity contribution < 1.29 is 0 Å². The highest BCUT2D eigenvalue weighted by atomic mass is 31.2. The SMILES string of the molecule is C[P+](C)(C)C.[B-]. The molecule has 0 nitrogen and oxygen atoms in total. The second-order valence-electron chi connectivity index (χ2n) is 2.68. The molecule has 0 aliphatic heterocycles. The lowest BCUT2D eigenvalue weighted by molar-refractivity contribution is 1.95. The molecule has 0 aliphatic carbocycles. The summed E-state index contributed by atoms with van der Waals surface area (Å²) in [7, 11) is -0.389. The van der Waals surface area contributed by atoms with Gasteiger partial charge in [0.25, 0.3) is 0 Å². The van der Waals surface area contributed by atoms with Gasteiger partial charge in [-0.25, -0.2) is 0 Å². The molecule has 0 aromatic heterocycles. The number of rotatable bonds is 0. The maximum absolute atomic E-state index is 2.30. The zero-order valence-corrected chi connectivity index (χ0v) is 5.92. The Balaban J connectivity index is 0. The van der Waals surface area contributed by atoms with Crippen molar-refractivity contribution in [2.24, 2.45) is 0 Å². The molecule has 0 saturated heterocycles. The van der Waals surface area contributed by atoms with E-state index < -0.39 is 0 Å². The van der Waals surface area contributed by atoms with Gasteiger partial charge in [0.15, 0.2) is 0 Å². The molecule has 0 atom stereocenters. The van der Waals surface area contributed by atoms with Crippen LogP contribution in [0.3, 0.4) is 0 Å². The van der Waals surface area contributed by atoms with E-state index in [0.717, 1.165) is 0 Å². The Bertz CT molecular complexity index is 23.0. The van der Waals surface area contributed by atoms with Crippen molar-refractivity contribution in [2.45, 2.75) is 0 Å². The molecular formula is C4H12BP. The lowest BCUT2D eigenvalue weighted by Gasteiger charge is -1.97.